The van der Waals surface area contributed by atoms with Crippen LogP contribution in [0.2, 0.25) is 0 Å². The molecule has 0 bridgehead atoms. The molecule has 1 amide bonds. The molecule has 1 saturated carbocycles. The summed E-state index contributed by atoms with van der Waals surface area (Å²) in [7, 11) is 0. The number of aromatic amines is 1. The SMILES string of the molecule is Cc1nnc2n1CC(CNC(=O)c1cn[nH]c1C1CCCCC1)C2. The first-order chi connectivity index (χ1) is 11.7. The van der Waals surface area contributed by atoms with E-state index in [9.17, 15) is 4.79 Å². The second-order valence-corrected chi connectivity index (χ2v) is 7.09. The summed E-state index contributed by atoms with van der Waals surface area (Å²) in [5.74, 6) is 2.81. The average molecular weight is 328 g/mol. The van der Waals surface area contributed by atoms with E-state index in [-0.39, 0.29) is 5.91 Å². The molecule has 0 radical (unpaired) electrons. The van der Waals surface area contributed by atoms with E-state index in [1.807, 2.05) is 6.92 Å². The Balaban J connectivity index is 1.36. The fourth-order valence-electron chi connectivity index (χ4n) is 4.04. The van der Waals surface area contributed by atoms with E-state index >= 15 is 0 Å². The van der Waals surface area contributed by atoms with Gasteiger partial charge in [-0.3, -0.25) is 9.89 Å². The molecule has 1 fully saturated rings. The summed E-state index contributed by atoms with van der Waals surface area (Å²) in [4.78, 5) is 12.6. The Bertz CT molecular complexity index is 727. The minimum Gasteiger partial charge on any atom is -0.352 e. The third kappa shape index (κ3) is 2.83. The number of nitrogens with one attached hydrogen (secondary N) is 2. The highest BCUT2D eigenvalue weighted by molar-refractivity contribution is 5.95. The zero-order chi connectivity index (χ0) is 16.5. The third-order valence-corrected chi connectivity index (χ3v) is 5.40. The van der Waals surface area contributed by atoms with Gasteiger partial charge in [0.05, 0.1) is 17.5 Å². The molecule has 1 unspecified atom stereocenters. The van der Waals surface area contributed by atoms with Gasteiger partial charge in [0.2, 0.25) is 0 Å². The van der Waals surface area contributed by atoms with Crippen molar-refractivity contribution >= 4 is 5.91 Å². The van der Waals surface area contributed by atoms with Gasteiger partial charge in [-0.25, -0.2) is 0 Å². The highest BCUT2D eigenvalue weighted by atomic mass is 16.1. The van der Waals surface area contributed by atoms with Crippen LogP contribution in [0.25, 0.3) is 0 Å². The summed E-state index contributed by atoms with van der Waals surface area (Å²) in [5, 5.41) is 18.6. The molecule has 128 valence electrons. The van der Waals surface area contributed by atoms with E-state index in [2.05, 4.69) is 30.3 Å². The Morgan fingerprint density at radius 3 is 2.96 bits per heavy atom. The van der Waals surface area contributed by atoms with E-state index in [0.29, 0.717) is 18.4 Å². The van der Waals surface area contributed by atoms with E-state index in [1.165, 1.54) is 19.3 Å². The molecule has 0 saturated heterocycles. The molecule has 2 N–H and O–H groups in total. The molecule has 7 heteroatoms. The number of aryl methyl sites for hydroxylation is 1. The molecule has 0 aromatic carbocycles. The van der Waals surface area contributed by atoms with Crippen LogP contribution in [-0.2, 0) is 13.0 Å². The highest BCUT2D eigenvalue weighted by Gasteiger charge is 2.27. The van der Waals surface area contributed by atoms with Crippen LogP contribution >= 0.6 is 0 Å². The monoisotopic (exact) mass is 328 g/mol. The standard InChI is InChI=1S/C17H24N6O/c1-11-20-21-15-7-12(10-23(11)15)8-18-17(24)14-9-19-22-16(14)13-5-3-2-4-6-13/h9,12-13H,2-8,10H2,1H3,(H,18,24)(H,19,22). The van der Waals surface area contributed by atoms with Gasteiger partial charge in [-0.15, -0.1) is 10.2 Å². The summed E-state index contributed by atoms with van der Waals surface area (Å²) in [6.45, 7) is 3.52. The van der Waals surface area contributed by atoms with Crippen molar-refractivity contribution in [1.29, 1.82) is 0 Å². The number of fused-ring (bicyclic) bond motifs is 1. The molecule has 2 aromatic rings. The summed E-state index contributed by atoms with van der Waals surface area (Å²) >= 11 is 0. The van der Waals surface area contributed by atoms with Crippen LogP contribution in [0.15, 0.2) is 6.20 Å². The predicted octanol–water partition coefficient (Wildman–Crippen LogP) is 1.96. The Kier molecular flexibility index (Phi) is 4.08. The van der Waals surface area contributed by atoms with Crippen molar-refractivity contribution in [3.05, 3.63) is 29.1 Å². The van der Waals surface area contributed by atoms with Crippen molar-refractivity contribution in [2.75, 3.05) is 6.54 Å². The van der Waals surface area contributed by atoms with Crippen molar-refractivity contribution in [3.8, 4) is 0 Å². The molecule has 4 rings (SSSR count). The van der Waals surface area contributed by atoms with Crippen LogP contribution in [-0.4, -0.2) is 37.4 Å². The number of rotatable bonds is 4. The largest absolute Gasteiger partial charge is 0.352 e. The van der Waals surface area contributed by atoms with Gasteiger partial charge in [-0.1, -0.05) is 19.3 Å². The van der Waals surface area contributed by atoms with Crippen LogP contribution in [0, 0.1) is 12.8 Å². The van der Waals surface area contributed by atoms with Crippen LogP contribution < -0.4 is 5.32 Å². The predicted molar refractivity (Wildman–Crippen MR) is 88.7 cm³/mol. The maximum atomic E-state index is 12.6. The normalized spacial score (nSPS) is 21.0. The molecule has 1 atom stereocenters. The molecular formula is C17H24N6O. The molecule has 7 nitrogen and oxygen atoms in total. The van der Waals surface area contributed by atoms with Gasteiger partial charge in [0.15, 0.2) is 0 Å². The number of H-pyrrole nitrogens is 1. The maximum Gasteiger partial charge on any atom is 0.254 e. The van der Waals surface area contributed by atoms with Gasteiger partial charge in [-0.2, -0.15) is 5.10 Å². The first kappa shape index (κ1) is 15.4. The molecule has 1 aliphatic carbocycles. The van der Waals surface area contributed by atoms with Gasteiger partial charge in [0.1, 0.15) is 11.6 Å². The Hall–Kier alpha value is -2.18. The summed E-state index contributed by atoms with van der Waals surface area (Å²) < 4.78 is 2.14. The number of carbonyl (C=O) groups excluding carboxylic acids is 1. The van der Waals surface area contributed by atoms with E-state index in [4.69, 9.17) is 0 Å². The van der Waals surface area contributed by atoms with Crippen molar-refractivity contribution in [3.63, 3.8) is 0 Å². The number of hydrogen-bond donors (Lipinski definition) is 2. The second kappa shape index (κ2) is 6.37. The number of carbonyl (C=O) groups is 1. The topological polar surface area (TPSA) is 88.5 Å². The van der Waals surface area contributed by atoms with Crippen molar-refractivity contribution < 1.29 is 4.79 Å². The summed E-state index contributed by atoms with van der Waals surface area (Å²) in [6, 6.07) is 0. The average Bonchev–Trinajstić information content (AvgIpc) is 3.31. The summed E-state index contributed by atoms with van der Waals surface area (Å²) in [6.07, 6.45) is 8.64. The number of amides is 1. The van der Waals surface area contributed by atoms with Crippen LogP contribution in [0.4, 0.5) is 0 Å². The number of hydrogen-bond acceptors (Lipinski definition) is 4. The first-order valence-corrected chi connectivity index (χ1v) is 8.92. The highest BCUT2D eigenvalue weighted by Crippen LogP contribution is 2.33. The Labute approximate surface area is 141 Å². The Morgan fingerprint density at radius 1 is 1.33 bits per heavy atom. The van der Waals surface area contributed by atoms with Gasteiger partial charge in [0, 0.05) is 31.3 Å². The minimum absolute atomic E-state index is 0.0105. The van der Waals surface area contributed by atoms with Crippen molar-refractivity contribution in [2.24, 2.45) is 5.92 Å². The van der Waals surface area contributed by atoms with Crippen molar-refractivity contribution in [2.45, 2.75) is 57.9 Å². The Morgan fingerprint density at radius 2 is 2.17 bits per heavy atom. The maximum absolute atomic E-state index is 12.6. The lowest BCUT2D eigenvalue weighted by molar-refractivity contribution is 0.0945. The quantitative estimate of drug-likeness (QED) is 0.898. The molecule has 2 aromatic heterocycles. The fourth-order valence-corrected chi connectivity index (χ4v) is 4.04. The number of nitrogens with zero attached hydrogens (tertiary/aromatic N) is 4. The van der Waals surface area contributed by atoms with Crippen LogP contribution in [0.5, 0.6) is 0 Å². The molecular weight excluding hydrogens is 304 g/mol. The van der Waals surface area contributed by atoms with Gasteiger partial charge >= 0.3 is 0 Å². The molecule has 0 spiro atoms. The lowest BCUT2D eigenvalue weighted by Crippen LogP contribution is -2.30. The van der Waals surface area contributed by atoms with Gasteiger partial charge in [0.25, 0.3) is 5.91 Å². The van der Waals surface area contributed by atoms with E-state index in [1.54, 1.807) is 6.20 Å². The van der Waals surface area contributed by atoms with Crippen LogP contribution in [0.3, 0.4) is 0 Å². The third-order valence-electron chi connectivity index (χ3n) is 5.40. The first-order valence-electron chi connectivity index (χ1n) is 8.92. The number of aromatic nitrogens is 5. The van der Waals surface area contributed by atoms with Gasteiger partial charge < -0.3 is 9.88 Å². The molecule has 24 heavy (non-hydrogen) atoms. The lowest BCUT2D eigenvalue weighted by atomic mass is 9.85. The van der Waals surface area contributed by atoms with E-state index < -0.39 is 0 Å². The van der Waals surface area contributed by atoms with E-state index in [0.717, 1.165) is 48.7 Å². The van der Waals surface area contributed by atoms with Crippen molar-refractivity contribution in [1.82, 2.24) is 30.3 Å². The zero-order valence-corrected chi connectivity index (χ0v) is 14.1. The summed E-state index contributed by atoms with van der Waals surface area (Å²) in [5.41, 5.74) is 1.74. The lowest BCUT2D eigenvalue weighted by Gasteiger charge is -2.21. The smallest absolute Gasteiger partial charge is 0.254 e. The fraction of sp³-hybridized carbons (Fsp3) is 0.647. The second-order valence-electron chi connectivity index (χ2n) is 7.09. The molecule has 1 aliphatic heterocycles. The van der Waals surface area contributed by atoms with Crippen LogP contribution in [0.1, 0.15) is 65.7 Å². The zero-order valence-electron chi connectivity index (χ0n) is 14.1. The minimum atomic E-state index is -0.0105. The van der Waals surface area contributed by atoms with Gasteiger partial charge in [-0.05, 0) is 19.8 Å². The molecule has 2 aliphatic rings. The molecule has 3 heterocycles.